The lowest BCUT2D eigenvalue weighted by molar-refractivity contribution is -0.131. The highest BCUT2D eigenvalue weighted by molar-refractivity contribution is 5.80. The molecule has 5 nitrogen and oxygen atoms in total. The Bertz CT molecular complexity index is 1010. The zero-order valence-electron chi connectivity index (χ0n) is 43.9. The smallest absolute Gasteiger partial charge is 0.249 e. The van der Waals surface area contributed by atoms with Crippen molar-refractivity contribution in [2.45, 2.75) is 334 Å². The molecule has 0 rings (SSSR count). The number of carbonyl (C=O) groups excluding carboxylic acids is 1. The van der Waals surface area contributed by atoms with Gasteiger partial charge in [-0.1, -0.05) is 307 Å². The summed E-state index contributed by atoms with van der Waals surface area (Å²) in [6, 6.07) is -0.820. The Morgan fingerprint density at radius 2 is 0.631 bits per heavy atom. The van der Waals surface area contributed by atoms with Gasteiger partial charge in [-0.3, -0.25) is 4.79 Å². The van der Waals surface area contributed by atoms with E-state index < -0.39 is 24.2 Å². The van der Waals surface area contributed by atoms with Crippen LogP contribution in [0, 0.1) is 0 Å². The number of hydrogen-bond acceptors (Lipinski definition) is 4. The average molecular weight is 915 g/mol. The number of aliphatic hydroxyl groups is 3. The second kappa shape index (κ2) is 55.2. The molecular formula is C60H115NO4. The molecule has 384 valence electrons. The van der Waals surface area contributed by atoms with E-state index in [0.29, 0.717) is 6.42 Å². The Morgan fingerprint density at radius 1 is 0.369 bits per heavy atom. The van der Waals surface area contributed by atoms with Crippen LogP contribution < -0.4 is 5.32 Å². The molecule has 4 N–H and O–H groups in total. The zero-order chi connectivity index (χ0) is 47.2. The van der Waals surface area contributed by atoms with Gasteiger partial charge in [0.25, 0.3) is 0 Å². The van der Waals surface area contributed by atoms with E-state index in [-0.39, 0.29) is 6.61 Å². The molecule has 65 heavy (non-hydrogen) atoms. The van der Waals surface area contributed by atoms with E-state index >= 15 is 0 Å². The number of unbranched alkanes of at least 4 members (excludes halogenated alkanes) is 42. The first kappa shape index (κ1) is 63.6. The summed E-state index contributed by atoms with van der Waals surface area (Å²) in [4.78, 5) is 12.6. The van der Waals surface area contributed by atoms with Crippen molar-refractivity contribution in [1.82, 2.24) is 5.32 Å². The molecule has 0 saturated carbocycles. The Hall–Kier alpha value is -1.43. The van der Waals surface area contributed by atoms with Gasteiger partial charge in [-0.2, -0.15) is 0 Å². The molecule has 0 aromatic rings. The normalized spacial score (nSPS) is 13.5. The van der Waals surface area contributed by atoms with Crippen LogP contribution in [0.4, 0.5) is 0 Å². The summed E-state index contributed by atoms with van der Waals surface area (Å²) in [7, 11) is 0. The van der Waals surface area contributed by atoms with Gasteiger partial charge in [-0.05, 0) is 44.9 Å². The van der Waals surface area contributed by atoms with E-state index in [2.05, 4.69) is 43.5 Å². The monoisotopic (exact) mass is 914 g/mol. The number of rotatable bonds is 54. The summed E-state index contributed by atoms with van der Waals surface area (Å²) in [6.07, 6.45) is 72.4. The van der Waals surface area contributed by atoms with Gasteiger partial charge in [0.15, 0.2) is 0 Å². The lowest BCUT2D eigenvalue weighted by atomic mass is 10.0. The molecule has 5 heteroatoms. The summed E-state index contributed by atoms with van der Waals surface area (Å²) >= 11 is 0. The Morgan fingerprint density at radius 3 is 0.938 bits per heavy atom. The van der Waals surface area contributed by atoms with Crippen LogP contribution in [-0.4, -0.2) is 46.1 Å². The average Bonchev–Trinajstić information content (AvgIpc) is 3.31. The van der Waals surface area contributed by atoms with Crippen molar-refractivity contribution in [2.75, 3.05) is 6.61 Å². The summed E-state index contributed by atoms with van der Waals surface area (Å²) in [6.45, 7) is 4.20. The van der Waals surface area contributed by atoms with Crippen LogP contribution in [-0.2, 0) is 4.79 Å². The highest BCUT2D eigenvalue weighted by Gasteiger charge is 2.22. The molecule has 0 aliphatic carbocycles. The molecule has 0 aliphatic heterocycles. The molecule has 1 amide bonds. The van der Waals surface area contributed by atoms with E-state index in [1.807, 2.05) is 6.08 Å². The predicted molar refractivity (Wildman–Crippen MR) is 287 cm³/mol. The first-order chi connectivity index (χ1) is 32.1. The first-order valence-corrected chi connectivity index (χ1v) is 29.3. The SMILES string of the molecule is CCCCCCCCCCCCCC/C=C/CC/C=C/CC/C=C/C(O)C(CO)NC(=O)C(O)CCCCCCCCCCCCCCCCCCCCCCCCCCCCCCC. The third-order valence-electron chi connectivity index (χ3n) is 13.7. The van der Waals surface area contributed by atoms with Crippen LogP contribution in [0.3, 0.4) is 0 Å². The summed E-state index contributed by atoms with van der Waals surface area (Å²) < 4.78 is 0. The van der Waals surface area contributed by atoms with Crippen molar-refractivity contribution in [3.05, 3.63) is 36.5 Å². The number of nitrogens with one attached hydrogen (secondary N) is 1. The van der Waals surface area contributed by atoms with Gasteiger partial charge in [0.2, 0.25) is 5.91 Å². The van der Waals surface area contributed by atoms with Crippen LogP contribution in [0.5, 0.6) is 0 Å². The highest BCUT2D eigenvalue weighted by Crippen LogP contribution is 2.18. The summed E-state index contributed by atoms with van der Waals surface area (Å²) in [5.41, 5.74) is 0. The molecular weight excluding hydrogens is 799 g/mol. The molecule has 3 unspecified atom stereocenters. The zero-order valence-corrected chi connectivity index (χ0v) is 43.9. The van der Waals surface area contributed by atoms with Crippen molar-refractivity contribution in [1.29, 1.82) is 0 Å². The van der Waals surface area contributed by atoms with Crippen molar-refractivity contribution < 1.29 is 20.1 Å². The van der Waals surface area contributed by atoms with Crippen LogP contribution in [0.25, 0.3) is 0 Å². The fourth-order valence-electron chi connectivity index (χ4n) is 9.16. The molecule has 3 atom stereocenters. The maximum Gasteiger partial charge on any atom is 0.249 e. The Labute approximate surface area is 406 Å². The second-order valence-electron chi connectivity index (χ2n) is 20.2. The van der Waals surface area contributed by atoms with Crippen molar-refractivity contribution in [2.24, 2.45) is 0 Å². The van der Waals surface area contributed by atoms with Gasteiger partial charge in [0, 0.05) is 0 Å². The van der Waals surface area contributed by atoms with E-state index in [9.17, 15) is 20.1 Å². The minimum Gasteiger partial charge on any atom is -0.394 e. The number of amides is 1. The molecule has 0 saturated heterocycles. The quantitative estimate of drug-likeness (QED) is 0.0361. The molecule has 0 aromatic heterocycles. The molecule has 0 fully saturated rings. The lowest BCUT2D eigenvalue weighted by Crippen LogP contribution is -2.48. The molecule has 0 bridgehead atoms. The van der Waals surface area contributed by atoms with Crippen LogP contribution in [0.15, 0.2) is 36.5 Å². The Kier molecular flexibility index (Phi) is 54.0. The van der Waals surface area contributed by atoms with Gasteiger partial charge in [0.05, 0.1) is 18.8 Å². The molecule has 0 spiro atoms. The van der Waals surface area contributed by atoms with Gasteiger partial charge in [0.1, 0.15) is 6.10 Å². The van der Waals surface area contributed by atoms with Crippen LogP contribution in [0.1, 0.15) is 316 Å². The van der Waals surface area contributed by atoms with Crippen LogP contribution >= 0.6 is 0 Å². The topological polar surface area (TPSA) is 89.8 Å². The number of allylic oxidation sites excluding steroid dienone is 5. The summed E-state index contributed by atoms with van der Waals surface area (Å²) in [5.74, 6) is -0.511. The largest absolute Gasteiger partial charge is 0.394 e. The fraction of sp³-hybridized carbons (Fsp3) is 0.883. The third kappa shape index (κ3) is 50.3. The fourth-order valence-corrected chi connectivity index (χ4v) is 9.16. The van der Waals surface area contributed by atoms with Gasteiger partial charge in [-0.15, -0.1) is 0 Å². The van der Waals surface area contributed by atoms with Crippen LogP contribution in [0.2, 0.25) is 0 Å². The third-order valence-corrected chi connectivity index (χ3v) is 13.7. The van der Waals surface area contributed by atoms with Crippen molar-refractivity contribution in [3.63, 3.8) is 0 Å². The molecule has 0 aromatic carbocycles. The lowest BCUT2D eigenvalue weighted by Gasteiger charge is -2.21. The number of aliphatic hydroxyl groups excluding tert-OH is 3. The predicted octanol–water partition coefficient (Wildman–Crippen LogP) is 18.2. The number of carbonyl (C=O) groups is 1. The first-order valence-electron chi connectivity index (χ1n) is 29.3. The van der Waals surface area contributed by atoms with E-state index in [4.69, 9.17) is 0 Å². The standard InChI is InChI=1S/C60H115NO4/c1-3-5-7-9-11-13-15-17-19-21-23-25-27-28-29-30-31-32-33-35-37-39-41-43-45-47-49-51-53-55-59(64)60(65)61-57(56-62)58(63)54-52-50-48-46-44-42-40-38-36-34-26-24-22-20-18-16-14-12-10-8-6-4-2/h36,38,44,46,52,54,57-59,62-64H,3-35,37,39-43,45,47-51,53,55-56H2,1-2H3,(H,61,65)/b38-36+,46-44+,54-52+. The van der Waals surface area contributed by atoms with Gasteiger partial charge < -0.3 is 20.6 Å². The molecule has 0 aliphatic rings. The second-order valence-corrected chi connectivity index (χ2v) is 20.2. The minimum absolute atomic E-state index is 0.379. The minimum atomic E-state index is -1.11. The number of hydrogen-bond donors (Lipinski definition) is 4. The van der Waals surface area contributed by atoms with E-state index in [0.717, 1.165) is 44.9 Å². The molecule has 0 radical (unpaired) electrons. The Balaban J connectivity index is 3.58. The molecule has 0 heterocycles. The van der Waals surface area contributed by atoms with Crippen molar-refractivity contribution in [3.8, 4) is 0 Å². The van der Waals surface area contributed by atoms with Crippen molar-refractivity contribution >= 4 is 5.91 Å². The highest BCUT2D eigenvalue weighted by atomic mass is 16.3. The maximum atomic E-state index is 12.6. The van der Waals surface area contributed by atoms with Gasteiger partial charge >= 0.3 is 0 Å². The van der Waals surface area contributed by atoms with E-state index in [1.165, 1.54) is 250 Å². The van der Waals surface area contributed by atoms with Gasteiger partial charge in [-0.25, -0.2) is 0 Å². The van der Waals surface area contributed by atoms with E-state index in [1.54, 1.807) is 6.08 Å². The summed E-state index contributed by atoms with van der Waals surface area (Å²) in [5, 5.41) is 33.4. The maximum absolute atomic E-state index is 12.6.